The molecule has 3 fully saturated rings. The maximum atomic E-state index is 13.9. The van der Waals surface area contributed by atoms with Gasteiger partial charge in [0.05, 0.1) is 0 Å². The summed E-state index contributed by atoms with van der Waals surface area (Å²) in [6, 6.07) is 10.4. The summed E-state index contributed by atoms with van der Waals surface area (Å²) in [6.07, 6.45) is 8.55. The van der Waals surface area contributed by atoms with Crippen LogP contribution in [0.25, 0.3) is 0 Å². The van der Waals surface area contributed by atoms with Crippen molar-refractivity contribution in [2.45, 2.75) is 89.8 Å². The van der Waals surface area contributed by atoms with E-state index in [1.807, 2.05) is 54.1 Å². The number of aromatic nitrogens is 1. The molecule has 0 saturated carbocycles. The highest BCUT2D eigenvalue weighted by molar-refractivity contribution is 5.91. The van der Waals surface area contributed by atoms with Gasteiger partial charge in [0.1, 0.15) is 0 Å². The van der Waals surface area contributed by atoms with Gasteiger partial charge in [-0.3, -0.25) is 9.78 Å². The summed E-state index contributed by atoms with van der Waals surface area (Å²) in [5.41, 5.74) is 4.94. The Morgan fingerprint density at radius 1 is 0.889 bits per heavy atom. The number of ether oxygens (including phenoxy) is 1. The number of urea groups is 1. The van der Waals surface area contributed by atoms with Gasteiger partial charge in [-0.05, 0) is 101 Å². The zero-order chi connectivity index (χ0) is 31.3. The lowest BCUT2D eigenvalue weighted by molar-refractivity contribution is -0.142. The van der Waals surface area contributed by atoms with E-state index in [1.54, 1.807) is 4.90 Å². The fourth-order valence-electron chi connectivity index (χ4n) is 7.40. The number of fused-ring (bicyclic) bond motifs is 1. The molecular weight excluding hydrogens is 568 g/mol. The van der Waals surface area contributed by atoms with Gasteiger partial charge >= 0.3 is 12.1 Å². The highest BCUT2D eigenvalue weighted by Gasteiger charge is 2.36. The average Bonchev–Trinajstić information content (AvgIpc) is 3.24. The van der Waals surface area contributed by atoms with Gasteiger partial charge in [0.2, 0.25) is 0 Å². The summed E-state index contributed by atoms with van der Waals surface area (Å²) >= 11 is 0. The average molecular weight is 617 g/mol. The van der Waals surface area contributed by atoms with Crippen LogP contribution < -0.4 is 5.32 Å². The Bertz CT molecular complexity index is 1360. The lowest BCUT2D eigenvalue weighted by atomic mass is 9.99. The van der Waals surface area contributed by atoms with Crippen LogP contribution >= 0.6 is 0 Å². The Labute approximate surface area is 267 Å². The van der Waals surface area contributed by atoms with Crippen LogP contribution in [0.15, 0.2) is 36.5 Å². The summed E-state index contributed by atoms with van der Waals surface area (Å²) < 4.78 is 6.04. The fraction of sp³-hybridized carbons (Fsp3) is 0.600. The van der Waals surface area contributed by atoms with E-state index in [1.165, 1.54) is 19.3 Å². The van der Waals surface area contributed by atoms with Crippen LogP contribution in [-0.4, -0.2) is 107 Å². The van der Waals surface area contributed by atoms with Crippen molar-refractivity contribution in [1.82, 2.24) is 24.6 Å². The normalized spacial score (nSPS) is 21.1. The van der Waals surface area contributed by atoms with E-state index in [0.29, 0.717) is 51.6 Å². The number of nitrogens with zero attached hydrogens (tertiary/aromatic N) is 5. The molecule has 242 valence electrons. The number of rotatable bonds is 6. The van der Waals surface area contributed by atoms with Crippen molar-refractivity contribution in [2.24, 2.45) is 0 Å². The molecule has 0 bridgehead atoms. The van der Waals surface area contributed by atoms with Crippen LogP contribution in [0.3, 0.4) is 0 Å². The summed E-state index contributed by atoms with van der Waals surface area (Å²) in [6.45, 7) is 9.32. The van der Waals surface area contributed by atoms with E-state index in [0.717, 1.165) is 60.4 Å². The molecule has 0 aliphatic carbocycles. The van der Waals surface area contributed by atoms with Crippen LogP contribution in [0.2, 0.25) is 0 Å². The standard InChI is InChI=1S/C35H48N6O4/c1-25-22-28(36-24-26(25)2)23-32(33(42)39-17-11-29(12-18-39)38-15-6-3-7-16-38)45-35(44)40-19-13-30(14-20-40)41-21-10-27-8-4-5-9-31(27)37-34(41)43/h4-5,8-9,22,24,29-30,32H,3,6-7,10-21,23H2,1-2H3,(H,37,43)/t32-/m1/s1. The van der Waals surface area contributed by atoms with Crippen LogP contribution in [0, 0.1) is 13.8 Å². The molecule has 1 atom stereocenters. The Balaban J connectivity index is 1.07. The number of likely N-dealkylation sites (tertiary alicyclic amines) is 3. The number of piperidine rings is 3. The second-order valence-corrected chi connectivity index (χ2v) is 13.2. The number of amides is 4. The number of hydrogen-bond donors (Lipinski definition) is 1. The molecule has 4 aliphatic heterocycles. The largest absolute Gasteiger partial charge is 0.436 e. The quantitative estimate of drug-likeness (QED) is 0.502. The number of anilines is 1. The maximum Gasteiger partial charge on any atom is 0.410 e. The van der Waals surface area contributed by atoms with E-state index in [4.69, 9.17) is 4.74 Å². The van der Waals surface area contributed by atoms with Gasteiger partial charge in [0, 0.05) is 68.8 Å². The number of hydrogen-bond acceptors (Lipinski definition) is 6. The van der Waals surface area contributed by atoms with Gasteiger partial charge in [-0.15, -0.1) is 0 Å². The topological polar surface area (TPSA) is 98.3 Å². The molecule has 4 amide bonds. The number of para-hydroxylation sites is 1. The minimum absolute atomic E-state index is 0.0433. The van der Waals surface area contributed by atoms with Crippen molar-refractivity contribution in [3.63, 3.8) is 0 Å². The van der Waals surface area contributed by atoms with Crippen molar-refractivity contribution in [2.75, 3.05) is 51.1 Å². The van der Waals surface area contributed by atoms with E-state index in [-0.39, 0.29) is 24.4 Å². The molecule has 4 aliphatic rings. The highest BCUT2D eigenvalue weighted by atomic mass is 16.6. The monoisotopic (exact) mass is 616 g/mol. The highest BCUT2D eigenvalue weighted by Crippen LogP contribution is 2.26. The minimum Gasteiger partial charge on any atom is -0.436 e. The smallest absolute Gasteiger partial charge is 0.410 e. The molecule has 0 unspecified atom stereocenters. The van der Waals surface area contributed by atoms with E-state index in [2.05, 4.69) is 21.3 Å². The van der Waals surface area contributed by atoms with Crippen molar-refractivity contribution in [1.29, 1.82) is 0 Å². The third-order valence-electron chi connectivity index (χ3n) is 10.3. The van der Waals surface area contributed by atoms with E-state index >= 15 is 0 Å². The second-order valence-electron chi connectivity index (χ2n) is 13.2. The maximum absolute atomic E-state index is 13.9. The first-order valence-electron chi connectivity index (χ1n) is 16.9. The predicted molar refractivity (Wildman–Crippen MR) is 173 cm³/mol. The molecule has 1 aromatic heterocycles. The summed E-state index contributed by atoms with van der Waals surface area (Å²) in [7, 11) is 0. The molecule has 6 rings (SSSR count). The number of pyridine rings is 1. The van der Waals surface area contributed by atoms with E-state index < -0.39 is 12.2 Å². The van der Waals surface area contributed by atoms with Crippen molar-refractivity contribution in [3.05, 3.63) is 58.9 Å². The van der Waals surface area contributed by atoms with Crippen molar-refractivity contribution in [3.8, 4) is 0 Å². The third-order valence-corrected chi connectivity index (χ3v) is 10.3. The minimum atomic E-state index is -0.925. The van der Waals surface area contributed by atoms with Gasteiger partial charge in [-0.25, -0.2) is 9.59 Å². The van der Waals surface area contributed by atoms with Crippen molar-refractivity contribution >= 4 is 23.7 Å². The van der Waals surface area contributed by atoms with Gasteiger partial charge in [-0.2, -0.15) is 0 Å². The molecule has 1 aromatic carbocycles. The Kier molecular flexibility index (Phi) is 9.88. The van der Waals surface area contributed by atoms with E-state index in [9.17, 15) is 14.4 Å². The number of aryl methyl sites for hydroxylation is 2. The molecular formula is C35H48N6O4. The van der Waals surface area contributed by atoms with Gasteiger partial charge in [0.15, 0.2) is 6.10 Å². The Hall–Kier alpha value is -3.66. The third kappa shape index (κ3) is 7.43. The lowest BCUT2D eigenvalue weighted by Crippen LogP contribution is -2.53. The number of carbonyl (C=O) groups excluding carboxylic acids is 3. The zero-order valence-electron chi connectivity index (χ0n) is 26.9. The molecule has 5 heterocycles. The molecule has 45 heavy (non-hydrogen) atoms. The fourth-order valence-corrected chi connectivity index (χ4v) is 7.40. The van der Waals surface area contributed by atoms with Gasteiger partial charge in [0.25, 0.3) is 5.91 Å². The Morgan fingerprint density at radius 2 is 1.58 bits per heavy atom. The number of carbonyl (C=O) groups is 3. The SMILES string of the molecule is Cc1cnc(C[C@@H](OC(=O)N2CCC(N3CCc4ccccc4NC3=O)CC2)C(=O)N2CCC(N3CCCCC3)CC2)cc1C. The van der Waals surface area contributed by atoms with Crippen LogP contribution in [0.5, 0.6) is 0 Å². The molecule has 0 spiro atoms. The lowest BCUT2D eigenvalue weighted by Gasteiger charge is -2.41. The van der Waals surface area contributed by atoms with Gasteiger partial charge < -0.3 is 29.7 Å². The summed E-state index contributed by atoms with van der Waals surface area (Å²) in [5, 5.41) is 3.06. The van der Waals surface area contributed by atoms with Crippen LogP contribution in [0.1, 0.15) is 67.3 Å². The van der Waals surface area contributed by atoms with Crippen LogP contribution in [-0.2, 0) is 22.4 Å². The molecule has 0 radical (unpaired) electrons. The molecule has 3 saturated heterocycles. The second kappa shape index (κ2) is 14.2. The molecule has 2 aromatic rings. The van der Waals surface area contributed by atoms with Crippen LogP contribution in [0.4, 0.5) is 15.3 Å². The first kappa shape index (κ1) is 31.3. The summed E-state index contributed by atoms with van der Waals surface area (Å²) in [4.78, 5) is 53.1. The van der Waals surface area contributed by atoms with Crippen molar-refractivity contribution < 1.29 is 19.1 Å². The molecule has 1 N–H and O–H groups in total. The number of benzene rings is 1. The molecule has 10 heteroatoms. The summed E-state index contributed by atoms with van der Waals surface area (Å²) in [5.74, 6) is -0.129. The predicted octanol–water partition coefficient (Wildman–Crippen LogP) is 4.78. The number of nitrogens with one attached hydrogen (secondary N) is 1. The molecule has 10 nitrogen and oxygen atoms in total. The first-order valence-corrected chi connectivity index (χ1v) is 16.9. The Morgan fingerprint density at radius 3 is 2.31 bits per heavy atom. The zero-order valence-corrected chi connectivity index (χ0v) is 26.9. The van der Waals surface area contributed by atoms with Gasteiger partial charge in [-0.1, -0.05) is 24.6 Å². The first-order chi connectivity index (χ1) is 21.9.